The highest BCUT2D eigenvalue weighted by Crippen LogP contribution is 2.03. The third-order valence-electron chi connectivity index (χ3n) is 2.91. The van der Waals surface area contributed by atoms with Gasteiger partial charge in [-0.05, 0) is 12.8 Å². The van der Waals surface area contributed by atoms with Crippen molar-refractivity contribution < 1.29 is 19.1 Å². The van der Waals surface area contributed by atoms with Gasteiger partial charge in [0.05, 0.1) is 13.2 Å². The third kappa shape index (κ3) is 14.8. The normalized spacial score (nSPS) is 10.8. The van der Waals surface area contributed by atoms with Gasteiger partial charge in [0.25, 0.3) is 0 Å². The maximum Gasteiger partial charge on any atom is 0.452 e. The van der Waals surface area contributed by atoms with Crippen LogP contribution in [0.5, 0.6) is 0 Å². The summed E-state index contributed by atoms with van der Waals surface area (Å²) in [6.45, 7) is 4.87. The molecule has 0 saturated carbocycles. The summed E-state index contributed by atoms with van der Waals surface area (Å²) in [7, 11) is 0. The summed E-state index contributed by atoms with van der Waals surface area (Å²) in [4.78, 5) is 22.3. The van der Waals surface area contributed by atoms with Crippen molar-refractivity contribution in [2.75, 3.05) is 13.2 Å². The van der Waals surface area contributed by atoms with E-state index >= 15 is 0 Å². The highest BCUT2D eigenvalue weighted by molar-refractivity contribution is 5.73. The first-order chi connectivity index (χ1) is 10.2. The van der Waals surface area contributed by atoms with Crippen molar-refractivity contribution in [3.63, 3.8) is 0 Å². The Kier molecular flexibility index (Phi) is 13.9. The summed E-state index contributed by atoms with van der Waals surface area (Å²) >= 11 is 0. The molecule has 0 rings (SSSR count). The first-order valence-corrected chi connectivity index (χ1v) is 7.96. The first-order valence-electron chi connectivity index (χ1n) is 7.96. The zero-order chi connectivity index (χ0) is 15.8. The number of azo groups is 1. The fourth-order valence-corrected chi connectivity index (χ4v) is 1.69. The predicted molar refractivity (Wildman–Crippen MR) is 80.5 cm³/mol. The van der Waals surface area contributed by atoms with Crippen LogP contribution in [0.25, 0.3) is 0 Å². The van der Waals surface area contributed by atoms with Gasteiger partial charge in [0.15, 0.2) is 0 Å². The number of carbonyl (C=O) groups is 2. The fraction of sp³-hybridized carbons (Fsp3) is 0.867. The molecule has 6 heteroatoms. The topological polar surface area (TPSA) is 77.3 Å². The van der Waals surface area contributed by atoms with E-state index < -0.39 is 12.2 Å². The Morgan fingerprint density at radius 3 is 1.48 bits per heavy atom. The van der Waals surface area contributed by atoms with Crippen molar-refractivity contribution in [3.8, 4) is 0 Å². The Hall–Kier alpha value is -1.46. The van der Waals surface area contributed by atoms with E-state index in [4.69, 9.17) is 9.47 Å². The molecule has 2 amide bonds. The van der Waals surface area contributed by atoms with Crippen molar-refractivity contribution in [1.29, 1.82) is 0 Å². The third-order valence-corrected chi connectivity index (χ3v) is 2.91. The van der Waals surface area contributed by atoms with E-state index in [0.717, 1.165) is 44.9 Å². The van der Waals surface area contributed by atoms with Crippen molar-refractivity contribution in [2.24, 2.45) is 10.2 Å². The number of nitrogens with zero attached hydrogens (tertiary/aromatic N) is 2. The number of hydrogen-bond donors (Lipinski definition) is 0. The van der Waals surface area contributed by atoms with Gasteiger partial charge in [-0.3, -0.25) is 0 Å². The lowest BCUT2D eigenvalue weighted by atomic mass is 10.2. The van der Waals surface area contributed by atoms with Crippen molar-refractivity contribution in [1.82, 2.24) is 0 Å². The Morgan fingerprint density at radius 2 is 1.05 bits per heavy atom. The van der Waals surface area contributed by atoms with Crippen LogP contribution in [-0.4, -0.2) is 25.4 Å². The SMILES string of the molecule is CCCCCCCOC(=O)N=NC(=O)OCCCCCC. The van der Waals surface area contributed by atoms with Gasteiger partial charge in [-0.2, -0.15) is 0 Å². The van der Waals surface area contributed by atoms with E-state index in [1.807, 2.05) is 0 Å². The van der Waals surface area contributed by atoms with Crippen molar-refractivity contribution in [2.45, 2.75) is 71.6 Å². The second-order valence-electron chi connectivity index (χ2n) is 4.90. The predicted octanol–water partition coefficient (Wildman–Crippen LogP) is 5.26. The molecule has 0 saturated heterocycles. The summed E-state index contributed by atoms with van der Waals surface area (Å²) in [6, 6.07) is 0. The highest BCUT2D eigenvalue weighted by atomic mass is 16.6. The molecule has 0 aliphatic carbocycles. The van der Waals surface area contributed by atoms with Crippen LogP contribution < -0.4 is 0 Å². The number of carbonyl (C=O) groups excluding carboxylic acids is 2. The lowest BCUT2D eigenvalue weighted by molar-refractivity contribution is 0.143. The van der Waals surface area contributed by atoms with Gasteiger partial charge < -0.3 is 9.47 Å². The van der Waals surface area contributed by atoms with E-state index in [2.05, 4.69) is 24.1 Å². The number of amides is 2. The molecule has 0 atom stereocenters. The molecule has 0 heterocycles. The molecule has 0 spiro atoms. The molecule has 0 aromatic heterocycles. The lowest BCUT2D eigenvalue weighted by Gasteiger charge is -2.01. The first kappa shape index (κ1) is 19.5. The molecule has 21 heavy (non-hydrogen) atoms. The van der Waals surface area contributed by atoms with E-state index in [1.54, 1.807) is 0 Å². The van der Waals surface area contributed by atoms with Crippen molar-refractivity contribution in [3.05, 3.63) is 0 Å². The Balaban J connectivity index is 3.52. The molecule has 122 valence electrons. The van der Waals surface area contributed by atoms with Crippen LogP contribution in [0.4, 0.5) is 9.59 Å². The number of unbranched alkanes of at least 4 members (excludes halogenated alkanes) is 7. The van der Waals surface area contributed by atoms with E-state index in [0.29, 0.717) is 13.2 Å². The lowest BCUT2D eigenvalue weighted by Crippen LogP contribution is -2.03. The van der Waals surface area contributed by atoms with Gasteiger partial charge in [-0.15, -0.1) is 0 Å². The van der Waals surface area contributed by atoms with Gasteiger partial charge in [0.1, 0.15) is 0 Å². The molecule has 0 bridgehead atoms. The Bertz CT molecular complexity index is 306. The van der Waals surface area contributed by atoms with Gasteiger partial charge in [-0.1, -0.05) is 69.0 Å². The summed E-state index contributed by atoms with van der Waals surface area (Å²) in [6.07, 6.45) is 7.72. The molecule has 0 aliphatic rings. The monoisotopic (exact) mass is 300 g/mol. The molecular weight excluding hydrogens is 272 g/mol. The summed E-state index contributed by atoms with van der Waals surface area (Å²) < 4.78 is 9.62. The highest BCUT2D eigenvalue weighted by Gasteiger charge is 2.03. The fourth-order valence-electron chi connectivity index (χ4n) is 1.69. The van der Waals surface area contributed by atoms with Crippen LogP contribution in [-0.2, 0) is 9.47 Å². The summed E-state index contributed by atoms with van der Waals surface area (Å²) in [5.74, 6) is 0. The molecule has 0 unspecified atom stereocenters. The minimum Gasteiger partial charge on any atom is -0.447 e. The van der Waals surface area contributed by atoms with E-state index in [9.17, 15) is 9.59 Å². The maximum atomic E-state index is 11.2. The minimum absolute atomic E-state index is 0.310. The zero-order valence-electron chi connectivity index (χ0n) is 13.3. The van der Waals surface area contributed by atoms with Gasteiger partial charge in [0, 0.05) is 0 Å². The Morgan fingerprint density at radius 1 is 0.667 bits per heavy atom. The molecule has 0 aromatic rings. The maximum absolute atomic E-state index is 11.2. The smallest absolute Gasteiger partial charge is 0.447 e. The van der Waals surface area contributed by atoms with Crippen LogP contribution in [0.1, 0.15) is 71.6 Å². The van der Waals surface area contributed by atoms with Crippen LogP contribution in [0.2, 0.25) is 0 Å². The Labute approximate surface area is 127 Å². The average molecular weight is 300 g/mol. The average Bonchev–Trinajstić information content (AvgIpc) is 2.48. The molecule has 0 aromatic carbocycles. The largest absolute Gasteiger partial charge is 0.452 e. The molecule has 0 radical (unpaired) electrons. The van der Waals surface area contributed by atoms with Gasteiger partial charge in [-0.25, -0.2) is 9.59 Å². The van der Waals surface area contributed by atoms with Crippen molar-refractivity contribution >= 4 is 12.2 Å². The summed E-state index contributed by atoms with van der Waals surface area (Å²) in [5, 5.41) is 6.32. The van der Waals surface area contributed by atoms with Crippen LogP contribution in [0, 0.1) is 0 Å². The second kappa shape index (κ2) is 14.9. The number of rotatable bonds is 11. The van der Waals surface area contributed by atoms with Crippen LogP contribution in [0.3, 0.4) is 0 Å². The number of hydrogen-bond acceptors (Lipinski definition) is 4. The molecule has 0 aliphatic heterocycles. The molecule has 6 nitrogen and oxygen atoms in total. The zero-order valence-corrected chi connectivity index (χ0v) is 13.3. The van der Waals surface area contributed by atoms with E-state index in [1.165, 1.54) is 12.8 Å². The van der Waals surface area contributed by atoms with Gasteiger partial charge in [0.2, 0.25) is 0 Å². The van der Waals surface area contributed by atoms with Crippen LogP contribution >= 0.6 is 0 Å². The molecule has 0 N–H and O–H groups in total. The van der Waals surface area contributed by atoms with E-state index in [-0.39, 0.29) is 0 Å². The van der Waals surface area contributed by atoms with Gasteiger partial charge >= 0.3 is 12.2 Å². The quantitative estimate of drug-likeness (QED) is 0.385. The molecule has 0 fully saturated rings. The van der Waals surface area contributed by atoms with Crippen LogP contribution in [0.15, 0.2) is 10.2 Å². The minimum atomic E-state index is -0.841. The summed E-state index contributed by atoms with van der Waals surface area (Å²) in [5.41, 5.74) is 0. The second-order valence-corrected chi connectivity index (χ2v) is 4.90. The standard InChI is InChI=1S/C15H28N2O4/c1-3-5-7-9-11-13-21-15(19)17-16-14(18)20-12-10-8-6-4-2/h3-13H2,1-2H3. The molecular formula is C15H28N2O4. The number of ether oxygens (including phenoxy) is 2.